The molecule has 2 aromatic rings. The SMILES string of the molecule is CC(C)O/C(=N\N1Cc2ccccc2C1C)c1ccc(Cl)c(S(N)(=O)=O)c1. The molecule has 0 saturated carbocycles. The molecule has 6 nitrogen and oxygen atoms in total. The lowest BCUT2D eigenvalue weighted by Gasteiger charge is -2.21. The molecular weight excluding hydrogens is 386 g/mol. The molecular formula is C19H22ClN3O3S. The average molecular weight is 408 g/mol. The molecule has 0 fully saturated rings. The molecule has 1 aliphatic heterocycles. The summed E-state index contributed by atoms with van der Waals surface area (Å²) in [7, 11) is -3.96. The largest absolute Gasteiger partial charge is 0.474 e. The lowest BCUT2D eigenvalue weighted by Crippen LogP contribution is -2.21. The normalized spacial score (nSPS) is 17.3. The van der Waals surface area contributed by atoms with Gasteiger partial charge in [0, 0.05) is 5.56 Å². The van der Waals surface area contributed by atoms with Crippen LogP contribution < -0.4 is 5.14 Å². The number of sulfonamides is 1. The van der Waals surface area contributed by atoms with Crippen LogP contribution >= 0.6 is 11.6 Å². The van der Waals surface area contributed by atoms with Gasteiger partial charge in [0.15, 0.2) is 0 Å². The molecule has 3 rings (SSSR count). The summed E-state index contributed by atoms with van der Waals surface area (Å²) in [5.41, 5.74) is 2.92. The highest BCUT2D eigenvalue weighted by molar-refractivity contribution is 7.89. The maximum Gasteiger partial charge on any atom is 0.239 e. The monoisotopic (exact) mass is 407 g/mol. The Labute approximate surface area is 164 Å². The molecule has 0 radical (unpaired) electrons. The van der Waals surface area contributed by atoms with Crippen molar-refractivity contribution in [1.29, 1.82) is 0 Å². The first-order valence-electron chi connectivity index (χ1n) is 8.59. The van der Waals surface area contributed by atoms with Crippen LogP contribution in [0.25, 0.3) is 0 Å². The molecule has 144 valence electrons. The molecule has 27 heavy (non-hydrogen) atoms. The number of nitrogens with two attached hydrogens (primary N) is 1. The van der Waals surface area contributed by atoms with Gasteiger partial charge in [0.05, 0.1) is 23.7 Å². The molecule has 0 aliphatic carbocycles. The Kier molecular flexibility index (Phi) is 5.46. The smallest absolute Gasteiger partial charge is 0.239 e. The highest BCUT2D eigenvalue weighted by Crippen LogP contribution is 2.33. The minimum atomic E-state index is -3.96. The predicted molar refractivity (Wildman–Crippen MR) is 106 cm³/mol. The molecule has 8 heteroatoms. The summed E-state index contributed by atoms with van der Waals surface area (Å²) in [4.78, 5) is -0.153. The third-order valence-corrected chi connectivity index (χ3v) is 5.73. The molecule has 0 bridgehead atoms. The fourth-order valence-electron chi connectivity index (χ4n) is 3.02. The van der Waals surface area contributed by atoms with Crippen LogP contribution in [0, 0.1) is 0 Å². The van der Waals surface area contributed by atoms with E-state index in [1.54, 1.807) is 6.07 Å². The quantitative estimate of drug-likeness (QED) is 0.619. The predicted octanol–water partition coefficient (Wildman–Crippen LogP) is 3.65. The highest BCUT2D eigenvalue weighted by Gasteiger charge is 2.26. The number of ether oxygens (including phenoxy) is 1. The van der Waals surface area contributed by atoms with Gasteiger partial charge in [0.2, 0.25) is 15.9 Å². The van der Waals surface area contributed by atoms with E-state index in [1.165, 1.54) is 23.3 Å². The van der Waals surface area contributed by atoms with Gasteiger partial charge in [0.1, 0.15) is 4.90 Å². The van der Waals surface area contributed by atoms with Crippen molar-refractivity contribution < 1.29 is 13.2 Å². The Hall–Kier alpha value is -2.09. The van der Waals surface area contributed by atoms with Crippen molar-refractivity contribution in [2.45, 2.75) is 44.4 Å². The standard InChI is InChI=1S/C19H22ClN3O3S/c1-12(2)26-19(14-8-9-17(20)18(10-14)27(21,24)25)22-23-11-15-6-4-5-7-16(15)13(23)3/h4-10,12-13H,11H2,1-3H3,(H2,21,24,25)/b22-19-. The number of halogens is 1. The Bertz CT molecular complexity index is 989. The number of hydrogen-bond acceptors (Lipinski definition) is 5. The van der Waals surface area contributed by atoms with Crippen LogP contribution in [-0.2, 0) is 21.3 Å². The van der Waals surface area contributed by atoms with E-state index in [9.17, 15) is 8.42 Å². The maximum atomic E-state index is 11.8. The van der Waals surface area contributed by atoms with Gasteiger partial charge in [-0.05, 0) is 50.1 Å². The van der Waals surface area contributed by atoms with Gasteiger partial charge in [-0.25, -0.2) is 13.6 Å². The molecule has 0 saturated heterocycles. The average Bonchev–Trinajstić information content (AvgIpc) is 2.90. The molecule has 1 atom stereocenters. The van der Waals surface area contributed by atoms with Gasteiger partial charge >= 0.3 is 0 Å². The fourth-order valence-corrected chi connectivity index (χ4v) is 4.09. The topological polar surface area (TPSA) is 85.0 Å². The maximum absolute atomic E-state index is 11.8. The summed E-state index contributed by atoms with van der Waals surface area (Å²) < 4.78 is 29.5. The van der Waals surface area contributed by atoms with Crippen molar-refractivity contribution in [3.05, 3.63) is 64.2 Å². The third kappa shape index (κ3) is 4.26. The van der Waals surface area contributed by atoms with Crippen molar-refractivity contribution in [2.24, 2.45) is 10.2 Å². The molecule has 0 aromatic heterocycles. The van der Waals surface area contributed by atoms with Crippen molar-refractivity contribution in [3.63, 3.8) is 0 Å². The minimum Gasteiger partial charge on any atom is -0.474 e. The van der Waals surface area contributed by atoms with E-state index < -0.39 is 10.0 Å². The van der Waals surface area contributed by atoms with E-state index in [2.05, 4.69) is 24.2 Å². The lowest BCUT2D eigenvalue weighted by atomic mass is 10.1. The van der Waals surface area contributed by atoms with Crippen LogP contribution in [0.2, 0.25) is 5.02 Å². The first-order valence-corrected chi connectivity index (χ1v) is 10.5. The van der Waals surface area contributed by atoms with Crippen LogP contribution in [0.4, 0.5) is 0 Å². The van der Waals surface area contributed by atoms with Crippen LogP contribution in [0.15, 0.2) is 52.5 Å². The lowest BCUT2D eigenvalue weighted by molar-refractivity contribution is 0.194. The zero-order valence-electron chi connectivity index (χ0n) is 15.4. The van der Waals surface area contributed by atoms with E-state index in [4.69, 9.17) is 21.5 Å². The fraction of sp³-hybridized carbons (Fsp3) is 0.316. The summed E-state index contributed by atoms with van der Waals surface area (Å²) >= 11 is 6.00. The number of hydrazone groups is 1. The summed E-state index contributed by atoms with van der Waals surface area (Å²) in [6, 6.07) is 12.8. The number of rotatable bonds is 4. The molecule has 2 aromatic carbocycles. The van der Waals surface area contributed by atoms with Gasteiger partial charge in [0.25, 0.3) is 0 Å². The van der Waals surface area contributed by atoms with E-state index in [-0.39, 0.29) is 22.1 Å². The third-order valence-electron chi connectivity index (χ3n) is 4.34. The van der Waals surface area contributed by atoms with Gasteiger partial charge in [-0.2, -0.15) is 0 Å². The second-order valence-corrected chi connectivity index (χ2v) is 8.67. The van der Waals surface area contributed by atoms with Crippen LogP contribution in [0.3, 0.4) is 0 Å². The van der Waals surface area contributed by atoms with Crippen LogP contribution in [0.1, 0.15) is 43.5 Å². The summed E-state index contributed by atoms with van der Waals surface area (Å²) in [5.74, 6) is 0.325. The second kappa shape index (κ2) is 7.50. The minimum absolute atomic E-state index is 0.0621. The summed E-state index contributed by atoms with van der Waals surface area (Å²) in [5, 5.41) is 11.9. The molecule has 1 aliphatic rings. The second-order valence-electron chi connectivity index (χ2n) is 6.73. The van der Waals surface area contributed by atoms with Crippen LogP contribution in [0.5, 0.6) is 0 Å². The van der Waals surface area contributed by atoms with Gasteiger partial charge in [-0.15, -0.1) is 5.10 Å². The van der Waals surface area contributed by atoms with E-state index >= 15 is 0 Å². The number of hydrogen-bond donors (Lipinski definition) is 1. The highest BCUT2D eigenvalue weighted by atomic mass is 35.5. The summed E-state index contributed by atoms with van der Waals surface area (Å²) in [6.07, 6.45) is -0.141. The van der Waals surface area contributed by atoms with Gasteiger partial charge < -0.3 is 4.74 Å². The van der Waals surface area contributed by atoms with Gasteiger partial charge in [-0.3, -0.25) is 5.01 Å². The molecule has 1 unspecified atom stereocenters. The van der Waals surface area contributed by atoms with Crippen molar-refractivity contribution in [1.82, 2.24) is 5.01 Å². The number of fused-ring (bicyclic) bond motifs is 1. The summed E-state index contributed by atoms with van der Waals surface area (Å²) in [6.45, 7) is 6.49. The molecule has 0 spiro atoms. The van der Waals surface area contributed by atoms with Crippen molar-refractivity contribution >= 4 is 27.5 Å². The number of primary sulfonamides is 1. The number of benzene rings is 2. The first kappa shape index (κ1) is 19.7. The Balaban J connectivity index is 2.02. The molecule has 0 amide bonds. The Morgan fingerprint density at radius 3 is 2.63 bits per heavy atom. The van der Waals surface area contributed by atoms with Crippen LogP contribution in [-0.4, -0.2) is 25.4 Å². The molecule has 1 heterocycles. The van der Waals surface area contributed by atoms with Gasteiger partial charge in [-0.1, -0.05) is 35.9 Å². The molecule has 2 N–H and O–H groups in total. The Morgan fingerprint density at radius 2 is 2.00 bits per heavy atom. The van der Waals surface area contributed by atoms with Crippen molar-refractivity contribution in [2.75, 3.05) is 0 Å². The number of nitrogens with zero attached hydrogens (tertiary/aromatic N) is 2. The zero-order chi connectivity index (χ0) is 19.8. The van der Waals surface area contributed by atoms with E-state index in [0.29, 0.717) is 18.0 Å². The van der Waals surface area contributed by atoms with Crippen molar-refractivity contribution in [3.8, 4) is 0 Å². The zero-order valence-corrected chi connectivity index (χ0v) is 17.0. The first-order chi connectivity index (χ1) is 12.7. The van der Waals surface area contributed by atoms with E-state index in [0.717, 1.165) is 0 Å². The van der Waals surface area contributed by atoms with E-state index in [1.807, 2.05) is 31.0 Å². The Morgan fingerprint density at radius 1 is 1.30 bits per heavy atom.